The van der Waals surface area contributed by atoms with Crippen LogP contribution in [-0.2, 0) is 24.2 Å². The van der Waals surface area contributed by atoms with E-state index in [1.54, 1.807) is 90.8 Å². The highest BCUT2D eigenvalue weighted by Crippen LogP contribution is 2.44. The molecule has 294 valence electrons. The zero-order chi connectivity index (χ0) is 39.4. The third-order valence-electron chi connectivity index (χ3n) is 9.40. The van der Waals surface area contributed by atoms with E-state index in [2.05, 4.69) is 9.81 Å². The van der Waals surface area contributed by atoms with Crippen molar-refractivity contribution in [1.29, 1.82) is 5.41 Å². The van der Waals surface area contributed by atoms with Crippen LogP contribution < -0.4 is 24.6 Å². The number of carbonyl (C=O) groups excluding carboxylic acids is 2. The van der Waals surface area contributed by atoms with E-state index in [1.807, 2.05) is 19.1 Å². The van der Waals surface area contributed by atoms with E-state index in [4.69, 9.17) is 20.2 Å². The number of likely N-dealkylation sites (N-methyl/N-ethyl adjacent to an activating group) is 1. The number of hydrogen-bond donors (Lipinski definition) is 4. The van der Waals surface area contributed by atoms with Gasteiger partial charge < -0.3 is 29.5 Å². The summed E-state index contributed by atoms with van der Waals surface area (Å²) in [4.78, 5) is 33.0. The number of hydrogen-bond acceptors (Lipinski definition) is 8. The molecule has 1 heterocycles. The lowest BCUT2D eigenvalue weighted by Gasteiger charge is -2.38. The van der Waals surface area contributed by atoms with Crippen LogP contribution in [0.4, 0.5) is 0 Å². The van der Waals surface area contributed by atoms with E-state index in [9.17, 15) is 22.6 Å². The van der Waals surface area contributed by atoms with Crippen LogP contribution in [-0.4, -0.2) is 92.7 Å². The predicted octanol–water partition coefficient (Wildman–Crippen LogP) is 5.18. The molecular formula is C39H50N7O7PS. The van der Waals surface area contributed by atoms with Gasteiger partial charge in [-0.1, -0.05) is 80.1 Å². The number of guanidine groups is 1. The molecule has 0 saturated carbocycles. The number of amides is 2. The lowest BCUT2D eigenvalue weighted by molar-refractivity contribution is -0.139. The van der Waals surface area contributed by atoms with Gasteiger partial charge in [-0.05, 0) is 66.4 Å². The molecule has 2 amide bonds. The Bertz CT molecular complexity index is 2030. The average Bonchev–Trinajstić information content (AvgIpc) is 3.18. The first-order valence-corrected chi connectivity index (χ1v) is 21.4. The van der Waals surface area contributed by atoms with Crippen molar-refractivity contribution in [2.75, 3.05) is 39.8 Å². The second kappa shape index (κ2) is 19.1. The highest BCUT2D eigenvalue weighted by molar-refractivity contribution is 7.89. The van der Waals surface area contributed by atoms with Crippen LogP contribution in [0.3, 0.4) is 0 Å². The van der Waals surface area contributed by atoms with Gasteiger partial charge in [0.1, 0.15) is 17.5 Å². The van der Waals surface area contributed by atoms with Gasteiger partial charge in [0, 0.05) is 45.8 Å². The molecule has 0 bridgehead atoms. The van der Waals surface area contributed by atoms with Crippen LogP contribution in [0.5, 0.6) is 11.5 Å². The van der Waals surface area contributed by atoms with Crippen LogP contribution >= 0.6 is 7.75 Å². The fourth-order valence-corrected chi connectivity index (χ4v) is 8.89. The van der Waals surface area contributed by atoms with Crippen molar-refractivity contribution in [2.45, 2.75) is 56.0 Å². The molecule has 1 saturated heterocycles. The van der Waals surface area contributed by atoms with Crippen molar-refractivity contribution >= 4 is 46.3 Å². The van der Waals surface area contributed by atoms with Crippen LogP contribution in [0.25, 0.3) is 10.8 Å². The highest BCUT2D eigenvalue weighted by Gasteiger charge is 2.35. The Labute approximate surface area is 323 Å². The quantitative estimate of drug-likeness (QED) is 0.0595. The molecule has 5 rings (SSSR count). The SMILES string of the molecule is CCCCN(CCNP(=O)(Oc1ccccc1)Oc1ccccc1)C(=O)[C@H](CC(=O)N(C)[C@H]1CCCN(C(=N)N)C1)NS(=O)(=O)c1ccc2ccccc2c1. The molecule has 14 nitrogen and oxygen atoms in total. The Morgan fingerprint density at radius 3 is 2.18 bits per heavy atom. The van der Waals surface area contributed by atoms with E-state index < -0.39 is 42.0 Å². The van der Waals surface area contributed by atoms with Crippen LogP contribution in [0.15, 0.2) is 108 Å². The number of rotatable bonds is 18. The highest BCUT2D eigenvalue weighted by atomic mass is 32.2. The van der Waals surface area contributed by atoms with Gasteiger partial charge in [-0.25, -0.2) is 13.0 Å². The zero-order valence-electron chi connectivity index (χ0n) is 31.2. The summed E-state index contributed by atoms with van der Waals surface area (Å²) in [7, 11) is -6.73. The van der Waals surface area contributed by atoms with Crippen molar-refractivity contribution in [3.63, 3.8) is 0 Å². The van der Waals surface area contributed by atoms with Crippen LogP contribution in [0.2, 0.25) is 0 Å². The van der Waals surface area contributed by atoms with Gasteiger partial charge in [0.05, 0.1) is 11.3 Å². The summed E-state index contributed by atoms with van der Waals surface area (Å²) in [5, 5.41) is 12.3. The Morgan fingerprint density at radius 2 is 1.56 bits per heavy atom. The second-order valence-corrected chi connectivity index (χ2v) is 16.8. The first-order chi connectivity index (χ1) is 26.4. The van der Waals surface area contributed by atoms with E-state index in [0.29, 0.717) is 49.2 Å². The molecule has 2 atom stereocenters. The molecule has 0 spiro atoms. The van der Waals surface area contributed by atoms with Crippen molar-refractivity contribution in [1.82, 2.24) is 24.5 Å². The minimum Gasteiger partial charge on any atom is -0.405 e. The lowest BCUT2D eigenvalue weighted by Crippen LogP contribution is -2.55. The number of fused-ring (bicyclic) bond motifs is 1. The van der Waals surface area contributed by atoms with Crippen molar-refractivity contribution in [3.05, 3.63) is 103 Å². The maximum atomic E-state index is 14.5. The molecule has 55 heavy (non-hydrogen) atoms. The Kier molecular flexibility index (Phi) is 14.3. The molecule has 1 aliphatic heterocycles. The maximum Gasteiger partial charge on any atom is 0.512 e. The van der Waals surface area contributed by atoms with E-state index >= 15 is 0 Å². The monoisotopic (exact) mass is 791 g/mol. The summed E-state index contributed by atoms with van der Waals surface area (Å²) in [6.07, 6.45) is 2.24. The van der Waals surface area contributed by atoms with E-state index in [-0.39, 0.29) is 36.5 Å². The van der Waals surface area contributed by atoms with Gasteiger partial charge in [-0.2, -0.15) is 9.81 Å². The minimum atomic E-state index is -4.30. The topological polar surface area (TPSA) is 187 Å². The number of nitrogens with one attached hydrogen (secondary N) is 3. The van der Waals surface area contributed by atoms with Gasteiger partial charge in [0.2, 0.25) is 21.8 Å². The van der Waals surface area contributed by atoms with Gasteiger partial charge in [0.15, 0.2) is 5.96 Å². The predicted molar refractivity (Wildman–Crippen MR) is 213 cm³/mol. The molecule has 4 aromatic carbocycles. The number of para-hydroxylation sites is 2. The molecule has 0 radical (unpaired) electrons. The smallest absolute Gasteiger partial charge is 0.405 e. The van der Waals surface area contributed by atoms with Crippen molar-refractivity contribution in [2.24, 2.45) is 5.73 Å². The number of benzene rings is 4. The van der Waals surface area contributed by atoms with Crippen molar-refractivity contribution in [3.8, 4) is 11.5 Å². The number of likely N-dealkylation sites (tertiary alicyclic amines) is 1. The van der Waals surface area contributed by atoms with Gasteiger partial charge in [0.25, 0.3) is 0 Å². The molecule has 0 unspecified atom stereocenters. The lowest BCUT2D eigenvalue weighted by atomic mass is 10.0. The molecule has 0 aliphatic carbocycles. The molecule has 0 aromatic heterocycles. The third kappa shape index (κ3) is 11.5. The molecule has 4 aromatic rings. The number of carbonyl (C=O) groups is 2. The number of sulfonamides is 1. The average molecular weight is 792 g/mol. The van der Waals surface area contributed by atoms with Gasteiger partial charge in [-0.3, -0.25) is 15.0 Å². The summed E-state index contributed by atoms with van der Waals surface area (Å²) >= 11 is 0. The Morgan fingerprint density at radius 1 is 0.945 bits per heavy atom. The number of nitrogens with zero attached hydrogens (tertiary/aromatic N) is 3. The van der Waals surface area contributed by atoms with E-state index in [0.717, 1.165) is 11.8 Å². The fraction of sp³-hybridized carbons (Fsp3) is 0.359. The van der Waals surface area contributed by atoms with E-state index in [1.165, 1.54) is 21.9 Å². The second-order valence-electron chi connectivity index (χ2n) is 13.4. The fourth-order valence-electron chi connectivity index (χ4n) is 6.33. The molecule has 5 N–H and O–H groups in total. The third-order valence-corrected chi connectivity index (χ3v) is 12.4. The van der Waals surface area contributed by atoms with Crippen LogP contribution in [0, 0.1) is 5.41 Å². The first-order valence-electron chi connectivity index (χ1n) is 18.4. The van der Waals surface area contributed by atoms with Crippen LogP contribution in [0.1, 0.15) is 39.0 Å². The Balaban J connectivity index is 1.39. The standard InChI is InChI=1S/C39H50N7O7PS/c1-3-4-24-45(26-23-42-54(49,52-33-17-7-5-8-18-33)53-34-19-9-6-10-20-34)38(48)36(28-37(47)44(2)32-16-13-25-46(29-32)39(40)41)43-55(50,51)35-22-21-30-14-11-12-15-31(30)27-35/h5-12,14-15,17-22,27,32,36,43H,3-4,13,16,23-26,28-29H2,1-2H3,(H3,40,41)(H,42,49)/t32-,36-/m0/s1. The zero-order valence-corrected chi connectivity index (χ0v) is 32.9. The van der Waals surface area contributed by atoms with Crippen molar-refractivity contribution < 1.29 is 31.6 Å². The summed E-state index contributed by atoms with van der Waals surface area (Å²) in [5.41, 5.74) is 5.74. The molecular weight excluding hydrogens is 742 g/mol. The first kappa shape index (κ1) is 41.2. The summed E-state index contributed by atoms with van der Waals surface area (Å²) in [5.74, 6) is -0.528. The largest absolute Gasteiger partial charge is 0.512 e. The summed E-state index contributed by atoms with van der Waals surface area (Å²) in [6, 6.07) is 27.4. The van der Waals surface area contributed by atoms with Gasteiger partial charge >= 0.3 is 7.75 Å². The molecule has 16 heteroatoms. The molecule has 1 fully saturated rings. The maximum absolute atomic E-state index is 14.5. The number of unbranched alkanes of at least 4 members (excludes halogenated alkanes) is 1. The summed E-state index contributed by atoms with van der Waals surface area (Å²) < 4.78 is 56.2. The number of nitrogens with two attached hydrogens (primary N) is 1. The normalized spacial score (nSPS) is 15.2. The number of piperidine rings is 1. The molecule has 1 aliphatic rings. The summed E-state index contributed by atoms with van der Waals surface area (Å²) in [6.45, 7) is 3.10. The van der Waals surface area contributed by atoms with Gasteiger partial charge in [-0.15, -0.1) is 0 Å². The minimum absolute atomic E-state index is 0.00640. The Hall–Kier alpha value is -4.95.